The van der Waals surface area contributed by atoms with Crippen LogP contribution in [0.2, 0.25) is 0 Å². The predicted octanol–water partition coefficient (Wildman–Crippen LogP) is 4.62. The molecule has 0 heterocycles. The quantitative estimate of drug-likeness (QED) is 0.531. The Morgan fingerprint density at radius 3 is 1.00 bits per heavy atom. The van der Waals surface area contributed by atoms with Crippen molar-refractivity contribution < 1.29 is 22.4 Å². The molecule has 19 heavy (non-hydrogen) atoms. The highest BCUT2D eigenvalue weighted by Crippen LogP contribution is 2.66. The van der Waals surface area contributed by atoms with Crippen LogP contribution in [0.1, 0.15) is 41.5 Å². The molecule has 0 aliphatic carbocycles. The van der Waals surface area contributed by atoms with E-state index in [1.165, 1.54) is 0 Å². The Morgan fingerprint density at radius 1 is 0.632 bits per heavy atom. The van der Waals surface area contributed by atoms with Crippen molar-refractivity contribution in [2.75, 3.05) is 26.4 Å². The molecule has 5 nitrogen and oxygen atoms in total. The van der Waals surface area contributed by atoms with Crippen molar-refractivity contribution in [1.82, 2.24) is 0 Å². The molecule has 0 N–H and O–H groups in total. The highest BCUT2D eigenvalue weighted by molar-refractivity contribution is 8.14. The Bertz CT molecular complexity index is 254. The SMILES string of the molecule is CC.CCOP(=S)(OCC)OP(=S)(OCC)OCC. The zero-order chi connectivity index (χ0) is 15.4. The van der Waals surface area contributed by atoms with Crippen LogP contribution in [-0.4, -0.2) is 26.4 Å². The van der Waals surface area contributed by atoms with E-state index in [0.29, 0.717) is 26.4 Å². The Kier molecular flexibility index (Phi) is 15.1. The molecule has 0 unspecified atom stereocenters. The molecule has 0 spiro atoms. The van der Waals surface area contributed by atoms with Crippen molar-refractivity contribution in [3.8, 4) is 0 Å². The summed E-state index contributed by atoms with van der Waals surface area (Å²) in [6, 6.07) is 0. The van der Waals surface area contributed by atoms with Crippen LogP contribution in [0.15, 0.2) is 0 Å². The number of rotatable bonds is 10. The Morgan fingerprint density at radius 2 is 0.842 bits per heavy atom. The molecule has 0 aliphatic rings. The molecule has 0 rings (SSSR count). The summed E-state index contributed by atoms with van der Waals surface area (Å²) in [5.41, 5.74) is 0. The molecule has 0 bridgehead atoms. The molecule has 0 aliphatic heterocycles. The predicted molar refractivity (Wildman–Crippen MR) is 87.5 cm³/mol. The molecule has 0 aromatic rings. The Balaban J connectivity index is 0. The molecule has 0 amide bonds. The molecule has 0 aromatic heterocycles. The van der Waals surface area contributed by atoms with Crippen molar-refractivity contribution >= 4 is 37.1 Å². The van der Waals surface area contributed by atoms with Crippen molar-refractivity contribution in [3.63, 3.8) is 0 Å². The summed E-state index contributed by atoms with van der Waals surface area (Å²) in [6.45, 7) is 7.09. The summed E-state index contributed by atoms with van der Waals surface area (Å²) < 4.78 is 26.9. The van der Waals surface area contributed by atoms with E-state index >= 15 is 0 Å². The van der Waals surface area contributed by atoms with Gasteiger partial charge in [0.1, 0.15) is 0 Å². The first-order valence-corrected chi connectivity index (χ1v) is 11.6. The van der Waals surface area contributed by atoms with Crippen LogP contribution in [0.3, 0.4) is 0 Å². The van der Waals surface area contributed by atoms with Gasteiger partial charge in [0, 0.05) is 0 Å². The molecule has 0 atom stereocenters. The lowest BCUT2D eigenvalue weighted by molar-refractivity contribution is 0.176. The molecule has 9 heteroatoms. The van der Waals surface area contributed by atoms with Gasteiger partial charge in [-0.05, 0) is 51.3 Å². The minimum Gasteiger partial charge on any atom is -0.309 e. The molecular formula is C10H26O5P2S2. The van der Waals surface area contributed by atoms with Crippen molar-refractivity contribution in [2.24, 2.45) is 0 Å². The van der Waals surface area contributed by atoms with E-state index in [2.05, 4.69) is 0 Å². The topological polar surface area (TPSA) is 46.2 Å². The van der Waals surface area contributed by atoms with E-state index in [9.17, 15) is 0 Å². The standard InChI is InChI=1S/C8H20O5P2S2.C2H6/c1-5-9-14(16,10-6-2)13-15(17,11-7-3)12-8-4;1-2/h5-8H2,1-4H3;1-2H3. The fourth-order valence-corrected chi connectivity index (χ4v) is 7.30. The van der Waals surface area contributed by atoms with E-state index < -0.39 is 13.4 Å². The van der Waals surface area contributed by atoms with Crippen LogP contribution in [0.4, 0.5) is 0 Å². The minimum atomic E-state index is -2.87. The van der Waals surface area contributed by atoms with Gasteiger partial charge < -0.3 is 18.1 Å². The summed E-state index contributed by atoms with van der Waals surface area (Å²) in [7, 11) is 0. The summed E-state index contributed by atoms with van der Waals surface area (Å²) >= 11 is 10.4. The van der Waals surface area contributed by atoms with E-state index in [4.69, 9.17) is 46.0 Å². The third-order valence-electron chi connectivity index (χ3n) is 1.35. The minimum absolute atomic E-state index is 0.394. The summed E-state index contributed by atoms with van der Waals surface area (Å²) in [4.78, 5) is 0. The normalized spacial score (nSPS) is 11.9. The number of hydrogen-bond acceptors (Lipinski definition) is 7. The van der Waals surface area contributed by atoms with E-state index in [1.54, 1.807) is 0 Å². The zero-order valence-corrected chi connectivity index (χ0v) is 16.0. The lowest BCUT2D eigenvalue weighted by Gasteiger charge is -2.27. The summed E-state index contributed by atoms with van der Waals surface area (Å²) in [6.07, 6.45) is 0. The van der Waals surface area contributed by atoms with Crippen LogP contribution in [0.25, 0.3) is 0 Å². The lowest BCUT2D eigenvalue weighted by Crippen LogP contribution is -2.03. The fourth-order valence-electron chi connectivity index (χ4n) is 0.924. The second kappa shape index (κ2) is 12.8. The van der Waals surface area contributed by atoms with Crippen molar-refractivity contribution in [2.45, 2.75) is 41.5 Å². The zero-order valence-electron chi connectivity index (χ0n) is 12.6. The summed E-state index contributed by atoms with van der Waals surface area (Å²) in [5, 5.41) is 0. The van der Waals surface area contributed by atoms with Gasteiger partial charge in [-0.1, -0.05) is 13.8 Å². The lowest BCUT2D eigenvalue weighted by atomic mass is 10.9. The second-order valence-corrected chi connectivity index (χ2v) is 8.81. The van der Waals surface area contributed by atoms with Gasteiger partial charge in [0.05, 0.1) is 26.4 Å². The average molecular weight is 352 g/mol. The molecule has 0 fully saturated rings. The van der Waals surface area contributed by atoms with Crippen LogP contribution in [0.5, 0.6) is 0 Å². The molecule has 118 valence electrons. The Labute approximate surface area is 127 Å². The second-order valence-electron chi connectivity index (χ2n) is 2.65. The smallest absolute Gasteiger partial charge is 0.309 e. The van der Waals surface area contributed by atoms with E-state index in [-0.39, 0.29) is 0 Å². The van der Waals surface area contributed by atoms with Gasteiger partial charge in [-0.25, -0.2) is 4.31 Å². The first kappa shape index (κ1) is 22.4. The molecule has 0 radical (unpaired) electrons. The van der Waals surface area contributed by atoms with Gasteiger partial charge in [-0.15, -0.1) is 0 Å². The first-order valence-electron chi connectivity index (χ1n) is 6.44. The van der Waals surface area contributed by atoms with Gasteiger partial charge in [0.2, 0.25) is 0 Å². The third kappa shape index (κ3) is 10.5. The highest BCUT2D eigenvalue weighted by atomic mass is 32.5. The Hall–Kier alpha value is 1.10. The third-order valence-corrected chi connectivity index (χ3v) is 7.71. The highest BCUT2D eigenvalue weighted by Gasteiger charge is 2.31. The largest absolute Gasteiger partial charge is 0.334 e. The van der Waals surface area contributed by atoms with Crippen LogP contribution < -0.4 is 0 Å². The molecule has 0 saturated carbocycles. The van der Waals surface area contributed by atoms with Gasteiger partial charge in [-0.2, -0.15) is 0 Å². The first-order chi connectivity index (χ1) is 8.95. The van der Waals surface area contributed by atoms with Gasteiger partial charge in [-0.3, -0.25) is 0 Å². The van der Waals surface area contributed by atoms with E-state index in [0.717, 1.165) is 0 Å². The maximum Gasteiger partial charge on any atom is 0.334 e. The molecule has 0 saturated heterocycles. The average Bonchev–Trinajstić information content (AvgIpc) is 2.32. The monoisotopic (exact) mass is 352 g/mol. The van der Waals surface area contributed by atoms with Gasteiger partial charge in [0.15, 0.2) is 0 Å². The van der Waals surface area contributed by atoms with E-state index in [1.807, 2.05) is 41.5 Å². The molecular weight excluding hydrogens is 326 g/mol. The maximum absolute atomic E-state index is 5.55. The summed E-state index contributed by atoms with van der Waals surface area (Å²) in [5.74, 6) is 0. The van der Waals surface area contributed by atoms with Gasteiger partial charge in [0.25, 0.3) is 0 Å². The van der Waals surface area contributed by atoms with Gasteiger partial charge >= 0.3 is 13.4 Å². The maximum atomic E-state index is 5.55. The van der Waals surface area contributed by atoms with Crippen molar-refractivity contribution in [3.05, 3.63) is 0 Å². The number of hydrogen-bond donors (Lipinski definition) is 0. The molecule has 0 aromatic carbocycles. The van der Waals surface area contributed by atoms with Crippen LogP contribution in [-0.2, 0) is 46.0 Å². The van der Waals surface area contributed by atoms with Crippen molar-refractivity contribution in [1.29, 1.82) is 0 Å². The van der Waals surface area contributed by atoms with Crippen LogP contribution >= 0.6 is 13.4 Å². The fraction of sp³-hybridized carbons (Fsp3) is 1.00. The van der Waals surface area contributed by atoms with Crippen LogP contribution in [0, 0.1) is 0 Å².